The first kappa shape index (κ1) is 14.1. The molecule has 0 saturated carbocycles. The second-order valence-corrected chi connectivity index (χ2v) is 3.93. The number of aromatic nitrogens is 4. The first-order chi connectivity index (χ1) is 9.42. The van der Waals surface area contributed by atoms with E-state index in [1.165, 1.54) is 0 Å². The molecule has 0 spiro atoms. The number of tetrazole rings is 1. The van der Waals surface area contributed by atoms with E-state index in [0.29, 0.717) is 17.0 Å². The van der Waals surface area contributed by atoms with Crippen LogP contribution in [-0.4, -0.2) is 33.0 Å². The van der Waals surface area contributed by atoms with Gasteiger partial charge in [0.1, 0.15) is 12.3 Å². The van der Waals surface area contributed by atoms with E-state index in [-0.39, 0.29) is 17.1 Å². The Morgan fingerprint density at radius 3 is 2.75 bits per heavy atom. The van der Waals surface area contributed by atoms with E-state index < -0.39 is 12.7 Å². The van der Waals surface area contributed by atoms with Crippen LogP contribution in [0.1, 0.15) is 6.92 Å². The van der Waals surface area contributed by atoms with Gasteiger partial charge in [0.2, 0.25) is 0 Å². The number of hydrogen-bond donors (Lipinski definition) is 1. The molecule has 0 bridgehead atoms. The molecule has 2 aromatic rings. The summed E-state index contributed by atoms with van der Waals surface area (Å²) in [6, 6.07) is 4.79. The van der Waals surface area contributed by atoms with Crippen molar-refractivity contribution >= 4 is 5.69 Å². The van der Waals surface area contributed by atoms with Crippen molar-refractivity contribution in [1.82, 2.24) is 20.2 Å². The van der Waals surface area contributed by atoms with Gasteiger partial charge < -0.3 is 10.5 Å². The second-order valence-electron chi connectivity index (χ2n) is 3.93. The minimum Gasteiger partial charge on any atom is -0.493 e. The highest BCUT2D eigenvalue weighted by molar-refractivity contribution is 5.77. The third kappa shape index (κ3) is 2.98. The molecule has 1 aromatic carbocycles. The molecule has 0 saturated heterocycles. The maximum absolute atomic E-state index is 12.5. The minimum absolute atomic E-state index is 0.0797. The van der Waals surface area contributed by atoms with Crippen molar-refractivity contribution in [2.75, 3.05) is 12.3 Å². The predicted octanol–water partition coefficient (Wildman–Crippen LogP) is 1.88. The number of alkyl halides is 3. The monoisotopic (exact) mass is 287 g/mol. The average Bonchev–Trinajstić information content (AvgIpc) is 2.75. The van der Waals surface area contributed by atoms with Gasteiger partial charge in [0.25, 0.3) is 0 Å². The highest BCUT2D eigenvalue weighted by Gasteiger charge is 2.31. The molecule has 0 unspecified atom stereocenters. The van der Waals surface area contributed by atoms with Crippen molar-refractivity contribution in [2.45, 2.75) is 19.6 Å². The lowest BCUT2D eigenvalue weighted by Crippen LogP contribution is -2.20. The normalized spacial score (nSPS) is 11.6. The van der Waals surface area contributed by atoms with E-state index in [0.717, 1.165) is 0 Å². The predicted molar refractivity (Wildman–Crippen MR) is 64.9 cm³/mol. The van der Waals surface area contributed by atoms with E-state index in [1.807, 2.05) is 0 Å². The van der Waals surface area contributed by atoms with Crippen LogP contribution in [0.5, 0.6) is 5.75 Å². The van der Waals surface area contributed by atoms with Crippen LogP contribution >= 0.6 is 0 Å². The molecular weight excluding hydrogens is 275 g/mol. The van der Waals surface area contributed by atoms with Crippen molar-refractivity contribution in [1.29, 1.82) is 0 Å². The number of hydrogen-bond acceptors (Lipinski definition) is 5. The molecule has 20 heavy (non-hydrogen) atoms. The van der Waals surface area contributed by atoms with Crippen LogP contribution in [-0.2, 0) is 6.54 Å². The van der Waals surface area contributed by atoms with Crippen molar-refractivity contribution in [2.24, 2.45) is 0 Å². The molecule has 9 heteroatoms. The van der Waals surface area contributed by atoms with E-state index in [1.54, 1.807) is 25.1 Å². The van der Waals surface area contributed by atoms with Gasteiger partial charge in [-0.25, -0.2) is 4.68 Å². The fraction of sp³-hybridized carbons (Fsp3) is 0.364. The molecule has 0 aliphatic rings. The topological polar surface area (TPSA) is 78.8 Å². The van der Waals surface area contributed by atoms with Gasteiger partial charge in [0.15, 0.2) is 5.82 Å². The van der Waals surface area contributed by atoms with Gasteiger partial charge in [-0.2, -0.15) is 13.2 Å². The zero-order chi connectivity index (χ0) is 14.8. The quantitative estimate of drug-likeness (QED) is 0.869. The van der Waals surface area contributed by atoms with Crippen molar-refractivity contribution < 1.29 is 17.9 Å². The Labute approximate surface area is 112 Å². The fourth-order valence-corrected chi connectivity index (χ4v) is 1.72. The van der Waals surface area contributed by atoms with Crippen LogP contribution in [0.25, 0.3) is 11.4 Å². The summed E-state index contributed by atoms with van der Waals surface area (Å²) in [5.74, 6) is 0.259. The molecule has 2 rings (SSSR count). The van der Waals surface area contributed by atoms with Crippen molar-refractivity contribution in [3.8, 4) is 17.1 Å². The maximum atomic E-state index is 12.5. The molecule has 2 N–H and O–H groups in total. The summed E-state index contributed by atoms with van der Waals surface area (Å²) in [5.41, 5.74) is 6.30. The third-order valence-electron chi connectivity index (χ3n) is 2.44. The van der Waals surface area contributed by atoms with Crippen molar-refractivity contribution in [3.05, 3.63) is 18.2 Å². The number of halogens is 3. The number of benzene rings is 1. The largest absolute Gasteiger partial charge is 0.493 e. The first-order valence-corrected chi connectivity index (χ1v) is 5.77. The zero-order valence-electron chi connectivity index (χ0n) is 10.6. The number of rotatable bonds is 4. The Hall–Kier alpha value is -2.32. The zero-order valence-corrected chi connectivity index (χ0v) is 10.6. The smallest absolute Gasteiger partial charge is 0.408 e. The van der Waals surface area contributed by atoms with Gasteiger partial charge in [0, 0.05) is 5.69 Å². The van der Waals surface area contributed by atoms with Crippen LogP contribution < -0.4 is 10.5 Å². The highest BCUT2D eigenvalue weighted by Crippen LogP contribution is 2.34. The molecular formula is C11H12F3N5O. The molecule has 0 amide bonds. The summed E-state index contributed by atoms with van der Waals surface area (Å²) in [6.45, 7) is 0.804. The molecule has 0 radical (unpaired) electrons. The first-order valence-electron chi connectivity index (χ1n) is 5.77. The summed E-state index contributed by atoms with van der Waals surface area (Å²) in [5, 5.41) is 10.2. The number of ether oxygens (including phenoxy) is 1. The van der Waals surface area contributed by atoms with Gasteiger partial charge in [-0.1, -0.05) is 6.07 Å². The van der Waals surface area contributed by atoms with Crippen LogP contribution in [0.2, 0.25) is 0 Å². The van der Waals surface area contributed by atoms with E-state index in [2.05, 4.69) is 15.5 Å². The number of nitrogen functional groups attached to an aromatic ring is 1. The summed E-state index contributed by atoms with van der Waals surface area (Å²) in [4.78, 5) is 0. The van der Waals surface area contributed by atoms with Gasteiger partial charge in [0.05, 0.1) is 12.2 Å². The van der Waals surface area contributed by atoms with E-state index in [9.17, 15) is 13.2 Å². The Morgan fingerprint density at radius 1 is 1.35 bits per heavy atom. The summed E-state index contributed by atoms with van der Waals surface area (Å²) >= 11 is 0. The van der Waals surface area contributed by atoms with Crippen LogP contribution in [0, 0.1) is 0 Å². The van der Waals surface area contributed by atoms with Gasteiger partial charge in [-0.3, -0.25) is 0 Å². The molecule has 6 nitrogen and oxygen atoms in total. The lowest BCUT2D eigenvalue weighted by molar-refractivity contribution is -0.142. The fourth-order valence-electron chi connectivity index (χ4n) is 1.72. The van der Waals surface area contributed by atoms with Crippen molar-refractivity contribution in [3.63, 3.8) is 0 Å². The summed E-state index contributed by atoms with van der Waals surface area (Å²) < 4.78 is 43.5. The van der Waals surface area contributed by atoms with Crippen LogP contribution in [0.3, 0.4) is 0 Å². The Bertz CT molecular complexity index is 596. The number of nitrogens with zero attached hydrogens (tertiary/aromatic N) is 4. The summed E-state index contributed by atoms with van der Waals surface area (Å²) in [7, 11) is 0. The molecule has 108 valence electrons. The van der Waals surface area contributed by atoms with Gasteiger partial charge >= 0.3 is 6.18 Å². The number of nitrogens with two attached hydrogens (primary N) is 1. The Kier molecular flexibility index (Phi) is 3.77. The van der Waals surface area contributed by atoms with Crippen LogP contribution in [0.15, 0.2) is 18.2 Å². The van der Waals surface area contributed by atoms with Gasteiger partial charge in [-0.05, 0) is 29.5 Å². The molecule has 0 aliphatic carbocycles. The Morgan fingerprint density at radius 2 is 2.10 bits per heavy atom. The average molecular weight is 287 g/mol. The lowest BCUT2D eigenvalue weighted by Gasteiger charge is -2.13. The van der Waals surface area contributed by atoms with Crippen LogP contribution in [0.4, 0.5) is 18.9 Å². The molecule has 0 aliphatic heterocycles. The van der Waals surface area contributed by atoms with E-state index >= 15 is 0 Å². The molecule has 1 aromatic heterocycles. The molecule has 0 atom stereocenters. The molecule has 0 fully saturated rings. The second kappa shape index (κ2) is 5.35. The lowest BCUT2D eigenvalue weighted by atomic mass is 10.1. The standard InChI is InChI=1S/C11H12F3N5O/c1-2-20-8-5-3-4-7(15)9(8)10-16-17-18-19(10)6-11(12,13)14/h3-5H,2,6,15H2,1H3. The molecule has 1 heterocycles. The number of anilines is 1. The van der Waals surface area contributed by atoms with E-state index in [4.69, 9.17) is 10.5 Å². The Balaban J connectivity index is 2.49. The maximum Gasteiger partial charge on any atom is 0.408 e. The SMILES string of the molecule is CCOc1cccc(N)c1-c1nnnn1CC(F)(F)F. The van der Waals surface area contributed by atoms with Gasteiger partial charge in [-0.15, -0.1) is 5.10 Å². The third-order valence-corrected chi connectivity index (χ3v) is 2.44. The minimum atomic E-state index is -4.43. The highest BCUT2D eigenvalue weighted by atomic mass is 19.4. The summed E-state index contributed by atoms with van der Waals surface area (Å²) in [6.07, 6.45) is -4.43.